The van der Waals surface area contributed by atoms with Crippen LogP contribution in [0.3, 0.4) is 0 Å². The highest BCUT2D eigenvalue weighted by molar-refractivity contribution is 8.00. The molecule has 3 aromatic rings. The van der Waals surface area contributed by atoms with E-state index in [1.807, 2.05) is 13.0 Å². The molecule has 0 aliphatic carbocycles. The number of benzene rings is 2. The highest BCUT2D eigenvalue weighted by atomic mass is 35.5. The SMILES string of the molecule is CCCc1c(OCCCCC=CC=C[C@H](Sc2ccc3c(=O)cc(C(=O)O)oc3c2)[C@H](O)CCC(Cl)(Cl)C(F)(F)F)ccc(C(C)=O)c1O. The normalized spacial score (nSPS) is 13.7. The lowest BCUT2D eigenvalue weighted by molar-refractivity contribution is -0.143. The zero-order valence-corrected chi connectivity index (χ0v) is 29.1. The van der Waals surface area contributed by atoms with Crippen molar-refractivity contribution in [2.75, 3.05) is 6.61 Å². The third-order valence-electron chi connectivity index (χ3n) is 7.42. The van der Waals surface area contributed by atoms with E-state index in [9.17, 15) is 42.9 Å². The second kappa shape index (κ2) is 18.0. The van der Waals surface area contributed by atoms with Gasteiger partial charge in [0.05, 0.1) is 28.9 Å². The second-order valence-corrected chi connectivity index (χ2v) is 14.0. The number of hydrogen-bond acceptors (Lipinski definition) is 8. The van der Waals surface area contributed by atoms with Crippen molar-refractivity contribution in [1.29, 1.82) is 0 Å². The van der Waals surface area contributed by atoms with Crippen LogP contribution in [0.25, 0.3) is 11.0 Å². The first kappa shape index (κ1) is 40.0. The van der Waals surface area contributed by atoms with Crippen LogP contribution in [0.1, 0.15) is 78.8 Å². The Morgan fingerprint density at radius 3 is 2.49 bits per heavy atom. The molecule has 0 bridgehead atoms. The van der Waals surface area contributed by atoms with E-state index in [2.05, 4.69) is 0 Å². The Morgan fingerprint density at radius 2 is 1.84 bits per heavy atom. The van der Waals surface area contributed by atoms with Crippen molar-refractivity contribution in [3.63, 3.8) is 0 Å². The van der Waals surface area contributed by atoms with Crippen LogP contribution in [0, 0.1) is 0 Å². The molecule has 266 valence electrons. The Labute approximate surface area is 295 Å². The van der Waals surface area contributed by atoms with Crippen molar-refractivity contribution in [2.24, 2.45) is 0 Å². The van der Waals surface area contributed by atoms with Gasteiger partial charge in [-0.3, -0.25) is 9.59 Å². The molecule has 0 aliphatic heterocycles. The molecule has 1 heterocycles. The molecule has 14 heteroatoms. The van der Waals surface area contributed by atoms with Crippen molar-refractivity contribution in [3.8, 4) is 11.5 Å². The first-order valence-electron chi connectivity index (χ1n) is 15.5. The number of carbonyl (C=O) groups excluding carboxylic acids is 1. The molecule has 0 amide bonds. The van der Waals surface area contributed by atoms with Gasteiger partial charge in [0, 0.05) is 16.5 Å². The molecule has 8 nitrogen and oxygen atoms in total. The summed E-state index contributed by atoms with van der Waals surface area (Å²) in [5.41, 5.74) is 0.309. The predicted molar refractivity (Wildman–Crippen MR) is 185 cm³/mol. The summed E-state index contributed by atoms with van der Waals surface area (Å²) in [5.74, 6) is -1.71. The number of alkyl halides is 5. The summed E-state index contributed by atoms with van der Waals surface area (Å²) in [6, 6.07) is 8.53. The van der Waals surface area contributed by atoms with Gasteiger partial charge in [-0.25, -0.2) is 4.79 Å². The second-order valence-electron chi connectivity index (χ2n) is 11.2. The number of Topliss-reactive ketones (excluding diaryl/α,β-unsaturated/α-hetero) is 1. The molecule has 0 spiro atoms. The molecule has 0 saturated carbocycles. The number of hydrogen-bond donors (Lipinski definition) is 3. The number of unbranched alkanes of at least 4 members (excludes halogenated alkanes) is 2. The number of carbonyl (C=O) groups is 2. The molecule has 0 aliphatic rings. The van der Waals surface area contributed by atoms with Crippen LogP contribution in [0.5, 0.6) is 11.5 Å². The summed E-state index contributed by atoms with van der Waals surface area (Å²) < 4.78 is 47.8. The van der Waals surface area contributed by atoms with E-state index in [4.69, 9.17) is 32.4 Å². The lowest BCUT2D eigenvalue weighted by Gasteiger charge is -2.26. The zero-order valence-electron chi connectivity index (χ0n) is 26.8. The number of aliphatic hydroxyl groups is 1. The van der Waals surface area contributed by atoms with Crippen LogP contribution in [-0.2, 0) is 6.42 Å². The third kappa shape index (κ3) is 11.3. The molecular weight excluding hydrogens is 708 g/mol. The van der Waals surface area contributed by atoms with Crippen molar-refractivity contribution in [3.05, 3.63) is 87.8 Å². The number of ether oxygens (including phenoxy) is 1. The van der Waals surface area contributed by atoms with Gasteiger partial charge in [-0.05, 0) is 75.8 Å². The minimum absolute atomic E-state index is 0.0000589. The number of thioether (sulfide) groups is 1. The molecular formula is C35H37Cl2F3O8S. The topological polar surface area (TPSA) is 134 Å². The number of phenolic OH excluding ortho intramolecular Hbond substituents is 1. The monoisotopic (exact) mass is 744 g/mol. The van der Waals surface area contributed by atoms with Crippen LogP contribution in [0.4, 0.5) is 13.2 Å². The first-order chi connectivity index (χ1) is 23.1. The molecule has 1 aromatic heterocycles. The molecule has 2 atom stereocenters. The van der Waals surface area contributed by atoms with E-state index >= 15 is 0 Å². The Hall–Kier alpha value is -3.45. The molecule has 0 unspecified atom stereocenters. The number of aromatic hydroxyl groups is 1. The van der Waals surface area contributed by atoms with Crippen molar-refractivity contribution in [2.45, 2.75) is 85.6 Å². The fourth-order valence-corrected chi connectivity index (χ4v) is 6.09. The van der Waals surface area contributed by atoms with E-state index in [0.29, 0.717) is 42.1 Å². The summed E-state index contributed by atoms with van der Waals surface area (Å²) >= 11 is 12.1. The van der Waals surface area contributed by atoms with Gasteiger partial charge in [0.2, 0.25) is 10.1 Å². The number of rotatable bonds is 18. The van der Waals surface area contributed by atoms with Gasteiger partial charge in [-0.15, -0.1) is 11.8 Å². The fraction of sp³-hybridized carbons (Fsp3) is 0.400. The number of carboxylic acids is 1. The Kier molecular flexibility index (Phi) is 14.7. The zero-order chi connectivity index (χ0) is 36.4. The molecule has 0 radical (unpaired) electrons. The number of carboxylic acid groups (broad SMARTS) is 1. The average molecular weight is 746 g/mol. The molecule has 49 heavy (non-hydrogen) atoms. The fourth-order valence-electron chi connectivity index (χ4n) is 4.78. The van der Waals surface area contributed by atoms with Crippen molar-refractivity contribution >= 4 is 57.7 Å². The number of phenols is 1. The number of halogens is 5. The van der Waals surface area contributed by atoms with Crippen molar-refractivity contribution < 1.29 is 47.2 Å². The van der Waals surface area contributed by atoms with Gasteiger partial charge < -0.3 is 24.5 Å². The molecule has 0 fully saturated rings. The van der Waals surface area contributed by atoms with E-state index in [-0.39, 0.29) is 34.5 Å². The summed E-state index contributed by atoms with van der Waals surface area (Å²) in [6.45, 7) is 3.75. The van der Waals surface area contributed by atoms with Crippen LogP contribution >= 0.6 is 35.0 Å². The number of aromatic carboxylic acids is 1. The maximum absolute atomic E-state index is 13.2. The van der Waals surface area contributed by atoms with Gasteiger partial charge in [0.25, 0.3) is 0 Å². The number of ketones is 1. The minimum Gasteiger partial charge on any atom is -0.507 e. The maximum atomic E-state index is 13.2. The molecule has 2 aromatic carbocycles. The summed E-state index contributed by atoms with van der Waals surface area (Å²) in [5, 5.41) is 30.0. The van der Waals surface area contributed by atoms with Gasteiger partial charge in [-0.1, -0.05) is 60.9 Å². The summed E-state index contributed by atoms with van der Waals surface area (Å²) in [6.07, 6.45) is 2.96. The van der Waals surface area contributed by atoms with Gasteiger partial charge >= 0.3 is 12.1 Å². The molecule has 3 rings (SSSR count). The number of allylic oxidation sites excluding steroid dienone is 3. The lowest BCUT2D eigenvalue weighted by Crippen LogP contribution is -2.36. The smallest absolute Gasteiger partial charge is 0.421 e. The molecule has 3 N–H and O–H groups in total. The first-order valence-corrected chi connectivity index (χ1v) is 17.1. The minimum atomic E-state index is -4.90. The van der Waals surface area contributed by atoms with Crippen LogP contribution < -0.4 is 10.2 Å². The quantitative estimate of drug-likeness (QED) is 0.0383. The number of aliphatic hydroxyl groups excluding tert-OH is 1. The highest BCUT2D eigenvalue weighted by Gasteiger charge is 2.52. The van der Waals surface area contributed by atoms with Crippen LogP contribution in [-0.4, -0.2) is 55.5 Å². The van der Waals surface area contributed by atoms with E-state index in [1.165, 1.54) is 19.1 Å². The third-order valence-corrected chi connectivity index (χ3v) is 9.50. The Balaban J connectivity index is 1.65. The van der Waals surface area contributed by atoms with E-state index in [0.717, 1.165) is 30.7 Å². The Bertz CT molecular complexity index is 1740. The average Bonchev–Trinajstić information content (AvgIpc) is 3.02. The Morgan fingerprint density at radius 1 is 1.10 bits per heavy atom. The summed E-state index contributed by atoms with van der Waals surface area (Å²) in [7, 11) is 0. The van der Waals surface area contributed by atoms with E-state index < -0.39 is 45.4 Å². The standard InChI is InChI=1S/C35H37Cl2F3O8S/c1-3-10-25-28(15-14-23(21(2)41)32(25)44)47-18-9-7-5-4-6-8-11-31(26(42)16-17-34(36,37)35(38,39)40)49-22-12-13-24-27(43)20-30(33(45)46)48-29(24)19-22/h4,6,8,11-15,19-20,26,31,42,44H,3,5,7,9-10,16-18H2,1-2H3,(H,45,46)/t26-,31+/m1/s1. The van der Waals surface area contributed by atoms with E-state index in [1.54, 1.807) is 36.4 Å². The molecule has 0 saturated heterocycles. The van der Waals surface area contributed by atoms with Crippen LogP contribution in [0.15, 0.2) is 74.8 Å². The maximum Gasteiger partial charge on any atom is 0.421 e. The van der Waals surface area contributed by atoms with Gasteiger partial charge in [0.15, 0.2) is 11.2 Å². The van der Waals surface area contributed by atoms with Gasteiger partial charge in [0.1, 0.15) is 17.1 Å². The number of fused-ring (bicyclic) bond motifs is 1. The van der Waals surface area contributed by atoms with Crippen LogP contribution in [0.2, 0.25) is 0 Å². The van der Waals surface area contributed by atoms with Gasteiger partial charge in [-0.2, -0.15) is 13.2 Å². The highest BCUT2D eigenvalue weighted by Crippen LogP contribution is 2.44. The van der Waals surface area contributed by atoms with Crippen molar-refractivity contribution in [1.82, 2.24) is 0 Å². The lowest BCUT2D eigenvalue weighted by atomic mass is 10.0. The largest absolute Gasteiger partial charge is 0.507 e. The summed E-state index contributed by atoms with van der Waals surface area (Å²) in [4.78, 5) is 35.9. The predicted octanol–water partition coefficient (Wildman–Crippen LogP) is 9.05.